The third-order valence-corrected chi connectivity index (χ3v) is 3.97. The van der Waals surface area contributed by atoms with E-state index in [1.165, 1.54) is 45.4 Å². The van der Waals surface area contributed by atoms with E-state index in [1.807, 2.05) is 6.92 Å². The van der Waals surface area contributed by atoms with E-state index in [9.17, 15) is 5.11 Å². The highest BCUT2D eigenvalue weighted by Gasteiger charge is 2.27. The molecule has 0 bridgehead atoms. The van der Waals surface area contributed by atoms with Crippen LogP contribution in [0.3, 0.4) is 0 Å². The van der Waals surface area contributed by atoms with Crippen molar-refractivity contribution in [1.29, 1.82) is 0 Å². The first-order valence-corrected chi connectivity index (χ1v) is 6.37. The van der Waals surface area contributed by atoms with Crippen LogP contribution in [0, 0.1) is 11.8 Å². The molecule has 2 atom stereocenters. The maximum atomic E-state index is 9.54. The molecule has 4 heteroatoms. The minimum atomic E-state index is -0.122. The van der Waals surface area contributed by atoms with Gasteiger partial charge in [0.05, 0.1) is 6.10 Å². The maximum Gasteiger partial charge on any atom is 0.0552 e. The molecule has 96 valence electrons. The number of aliphatic hydroxyl groups is 1. The van der Waals surface area contributed by atoms with Crippen LogP contribution in [0.4, 0.5) is 0 Å². The fourth-order valence-electron chi connectivity index (χ4n) is 2.85. The van der Waals surface area contributed by atoms with Crippen LogP contribution < -0.4 is 5.32 Å². The van der Waals surface area contributed by atoms with E-state index < -0.39 is 0 Å². The normalized spacial score (nSPS) is 30.0. The summed E-state index contributed by atoms with van der Waals surface area (Å²) in [6.07, 6.45) is 3.72. The van der Waals surface area contributed by atoms with E-state index in [2.05, 4.69) is 10.2 Å². The van der Waals surface area contributed by atoms with Crippen molar-refractivity contribution in [3.63, 3.8) is 0 Å². The number of rotatable bonds is 3. The predicted molar refractivity (Wildman–Crippen MR) is 69.1 cm³/mol. The Hall–Kier alpha value is 0.170. The first kappa shape index (κ1) is 14.2. The fraction of sp³-hybridized carbons (Fsp3) is 1.00. The van der Waals surface area contributed by atoms with E-state index in [-0.39, 0.29) is 18.5 Å². The Bertz CT molecular complexity index is 195. The molecule has 0 aromatic rings. The Balaban J connectivity index is 0.00000128. The number of hydrogen-bond donors (Lipinski definition) is 2. The standard InChI is InChI=1S/C12H24N2O.ClH/c1-10(15)12-4-7-14(9-12)8-11-2-5-13-6-3-11;/h10-13,15H,2-9H2,1H3;1H. The van der Waals surface area contributed by atoms with Gasteiger partial charge in [0.15, 0.2) is 0 Å². The average Bonchev–Trinajstić information content (AvgIpc) is 2.68. The summed E-state index contributed by atoms with van der Waals surface area (Å²) in [5.41, 5.74) is 0. The lowest BCUT2D eigenvalue weighted by Crippen LogP contribution is -2.35. The number of halogens is 1. The van der Waals surface area contributed by atoms with Crippen LogP contribution in [0.5, 0.6) is 0 Å². The lowest BCUT2D eigenvalue weighted by Gasteiger charge is -2.27. The van der Waals surface area contributed by atoms with Crippen molar-refractivity contribution in [3.8, 4) is 0 Å². The molecule has 2 N–H and O–H groups in total. The maximum absolute atomic E-state index is 9.54. The molecule has 2 aliphatic heterocycles. The van der Waals surface area contributed by atoms with Crippen molar-refractivity contribution in [2.45, 2.75) is 32.3 Å². The van der Waals surface area contributed by atoms with Crippen molar-refractivity contribution in [2.24, 2.45) is 11.8 Å². The van der Waals surface area contributed by atoms with Gasteiger partial charge in [-0.15, -0.1) is 12.4 Å². The Kier molecular flexibility index (Phi) is 6.05. The Morgan fingerprint density at radius 3 is 2.56 bits per heavy atom. The second kappa shape index (κ2) is 6.80. The van der Waals surface area contributed by atoms with Gasteiger partial charge in [-0.3, -0.25) is 0 Å². The van der Waals surface area contributed by atoms with Crippen LogP contribution in [0.1, 0.15) is 26.2 Å². The van der Waals surface area contributed by atoms with E-state index in [4.69, 9.17) is 0 Å². The lowest BCUT2D eigenvalue weighted by atomic mass is 9.97. The number of aliphatic hydroxyl groups excluding tert-OH is 1. The second-order valence-corrected chi connectivity index (χ2v) is 5.24. The molecule has 0 spiro atoms. The van der Waals surface area contributed by atoms with Crippen LogP contribution in [0.15, 0.2) is 0 Å². The monoisotopic (exact) mass is 248 g/mol. The van der Waals surface area contributed by atoms with Gasteiger partial charge in [-0.25, -0.2) is 0 Å². The van der Waals surface area contributed by atoms with Crippen LogP contribution in [0.2, 0.25) is 0 Å². The number of hydrogen-bond acceptors (Lipinski definition) is 3. The Labute approximate surface area is 105 Å². The zero-order valence-corrected chi connectivity index (χ0v) is 11.0. The molecular weight excluding hydrogens is 224 g/mol. The third-order valence-electron chi connectivity index (χ3n) is 3.97. The van der Waals surface area contributed by atoms with Crippen LogP contribution >= 0.6 is 12.4 Å². The summed E-state index contributed by atoms with van der Waals surface area (Å²) in [5, 5.41) is 12.9. The van der Waals surface area contributed by atoms with Crippen molar-refractivity contribution in [1.82, 2.24) is 10.2 Å². The minimum absolute atomic E-state index is 0. The van der Waals surface area contributed by atoms with Gasteiger partial charge < -0.3 is 15.3 Å². The molecule has 2 aliphatic rings. The summed E-state index contributed by atoms with van der Waals surface area (Å²) >= 11 is 0. The Morgan fingerprint density at radius 2 is 2.00 bits per heavy atom. The zero-order chi connectivity index (χ0) is 10.7. The molecule has 2 rings (SSSR count). The summed E-state index contributed by atoms with van der Waals surface area (Å²) in [4.78, 5) is 2.55. The SMILES string of the molecule is CC(O)C1CCN(CC2CCNCC2)C1.Cl. The number of likely N-dealkylation sites (tertiary alicyclic amines) is 1. The third kappa shape index (κ3) is 3.88. The van der Waals surface area contributed by atoms with Crippen molar-refractivity contribution < 1.29 is 5.11 Å². The smallest absolute Gasteiger partial charge is 0.0552 e. The van der Waals surface area contributed by atoms with Gasteiger partial charge in [-0.2, -0.15) is 0 Å². The quantitative estimate of drug-likeness (QED) is 0.786. The molecule has 0 amide bonds. The zero-order valence-electron chi connectivity index (χ0n) is 10.2. The summed E-state index contributed by atoms with van der Waals surface area (Å²) in [7, 11) is 0. The van der Waals surface area contributed by atoms with Gasteiger partial charge in [0, 0.05) is 13.1 Å². The molecule has 0 aliphatic carbocycles. The molecule has 0 aromatic heterocycles. The highest BCUT2D eigenvalue weighted by atomic mass is 35.5. The molecule has 2 saturated heterocycles. The molecule has 16 heavy (non-hydrogen) atoms. The molecule has 3 nitrogen and oxygen atoms in total. The molecular formula is C12H25ClN2O. The summed E-state index contributed by atoms with van der Waals surface area (Å²) in [6.45, 7) is 7.88. The minimum Gasteiger partial charge on any atom is -0.393 e. The molecule has 0 saturated carbocycles. The molecule has 2 heterocycles. The topological polar surface area (TPSA) is 35.5 Å². The first-order chi connectivity index (χ1) is 7.25. The molecule has 2 unspecified atom stereocenters. The molecule has 0 aromatic carbocycles. The molecule has 0 radical (unpaired) electrons. The van der Waals surface area contributed by atoms with E-state index in [0.29, 0.717) is 5.92 Å². The highest BCUT2D eigenvalue weighted by molar-refractivity contribution is 5.85. The van der Waals surface area contributed by atoms with Crippen molar-refractivity contribution in [3.05, 3.63) is 0 Å². The number of nitrogens with one attached hydrogen (secondary N) is 1. The lowest BCUT2D eigenvalue weighted by molar-refractivity contribution is 0.124. The van der Waals surface area contributed by atoms with Crippen LogP contribution in [0.25, 0.3) is 0 Å². The van der Waals surface area contributed by atoms with Gasteiger partial charge in [-0.1, -0.05) is 0 Å². The van der Waals surface area contributed by atoms with Crippen molar-refractivity contribution >= 4 is 12.4 Å². The van der Waals surface area contributed by atoms with E-state index in [0.717, 1.165) is 12.5 Å². The summed E-state index contributed by atoms with van der Waals surface area (Å²) in [5.74, 6) is 1.41. The van der Waals surface area contributed by atoms with Crippen LogP contribution in [-0.2, 0) is 0 Å². The van der Waals surface area contributed by atoms with Gasteiger partial charge in [0.2, 0.25) is 0 Å². The second-order valence-electron chi connectivity index (χ2n) is 5.24. The summed E-state index contributed by atoms with van der Waals surface area (Å²) in [6, 6.07) is 0. The molecule has 2 fully saturated rings. The first-order valence-electron chi connectivity index (χ1n) is 6.37. The van der Waals surface area contributed by atoms with Gasteiger partial charge in [0.25, 0.3) is 0 Å². The predicted octanol–water partition coefficient (Wildman–Crippen LogP) is 1.11. The largest absolute Gasteiger partial charge is 0.393 e. The van der Waals surface area contributed by atoms with Gasteiger partial charge in [-0.05, 0) is 57.7 Å². The average molecular weight is 249 g/mol. The number of nitrogens with zero attached hydrogens (tertiary/aromatic N) is 1. The van der Waals surface area contributed by atoms with Gasteiger partial charge >= 0.3 is 0 Å². The Morgan fingerprint density at radius 1 is 1.31 bits per heavy atom. The van der Waals surface area contributed by atoms with Gasteiger partial charge in [0.1, 0.15) is 0 Å². The fourth-order valence-corrected chi connectivity index (χ4v) is 2.85. The van der Waals surface area contributed by atoms with E-state index in [1.54, 1.807) is 0 Å². The number of piperidine rings is 1. The highest BCUT2D eigenvalue weighted by Crippen LogP contribution is 2.22. The summed E-state index contributed by atoms with van der Waals surface area (Å²) < 4.78 is 0. The van der Waals surface area contributed by atoms with Crippen molar-refractivity contribution in [2.75, 3.05) is 32.7 Å². The van der Waals surface area contributed by atoms with Crippen LogP contribution in [-0.4, -0.2) is 48.8 Å². The van der Waals surface area contributed by atoms with E-state index >= 15 is 0 Å².